The van der Waals surface area contributed by atoms with Crippen molar-refractivity contribution >= 4 is 35.1 Å². The van der Waals surface area contributed by atoms with Gasteiger partial charge in [-0.1, -0.05) is 60.1 Å². The van der Waals surface area contributed by atoms with Crippen molar-refractivity contribution in [2.75, 3.05) is 18.1 Å². The zero-order valence-corrected chi connectivity index (χ0v) is 21.0. The van der Waals surface area contributed by atoms with Gasteiger partial charge >= 0.3 is 5.97 Å². The largest absolute Gasteiger partial charge is 0.481 e. The lowest BCUT2D eigenvalue weighted by molar-refractivity contribution is -0.151. The van der Waals surface area contributed by atoms with Crippen LogP contribution in [0.2, 0.25) is 5.02 Å². The third-order valence-electron chi connectivity index (χ3n) is 7.90. The van der Waals surface area contributed by atoms with Gasteiger partial charge in [-0.2, -0.15) is 0 Å². The topological polar surface area (TPSA) is 107 Å². The van der Waals surface area contributed by atoms with Crippen LogP contribution in [0.1, 0.15) is 18.4 Å². The van der Waals surface area contributed by atoms with E-state index in [2.05, 4.69) is 6.58 Å². The Morgan fingerprint density at radius 1 is 1.22 bits per heavy atom. The molecule has 1 spiro atoms. The number of nitrogens with zero attached hydrogens (tertiary/aromatic N) is 2. The van der Waals surface area contributed by atoms with Crippen molar-refractivity contribution in [2.24, 2.45) is 11.8 Å². The summed E-state index contributed by atoms with van der Waals surface area (Å²) in [6.07, 6.45) is 2.04. The molecule has 8 nitrogen and oxygen atoms in total. The summed E-state index contributed by atoms with van der Waals surface area (Å²) in [4.78, 5) is 43.6. The fourth-order valence-electron chi connectivity index (χ4n) is 6.44. The Morgan fingerprint density at radius 3 is 2.57 bits per heavy atom. The van der Waals surface area contributed by atoms with Crippen molar-refractivity contribution in [3.8, 4) is 0 Å². The Balaban J connectivity index is 1.62. The summed E-state index contributed by atoms with van der Waals surface area (Å²) in [5, 5.41) is 20.8. The zero-order valence-electron chi connectivity index (χ0n) is 20.2. The van der Waals surface area contributed by atoms with E-state index in [0.29, 0.717) is 30.0 Å². The van der Waals surface area contributed by atoms with Crippen LogP contribution in [0, 0.1) is 11.8 Å². The molecular weight excluding hydrogens is 496 g/mol. The monoisotopic (exact) mass is 524 g/mol. The van der Waals surface area contributed by atoms with Crippen LogP contribution >= 0.6 is 11.6 Å². The molecule has 3 aliphatic heterocycles. The summed E-state index contributed by atoms with van der Waals surface area (Å²) in [6, 6.07) is 14.4. The van der Waals surface area contributed by atoms with Gasteiger partial charge in [0, 0.05) is 6.54 Å². The molecule has 3 heterocycles. The van der Waals surface area contributed by atoms with Gasteiger partial charge in [0.1, 0.15) is 11.6 Å². The van der Waals surface area contributed by atoms with Crippen molar-refractivity contribution in [1.82, 2.24) is 4.90 Å². The fraction of sp³-hybridized carbons (Fsp3) is 0.393. The van der Waals surface area contributed by atoms with Crippen molar-refractivity contribution in [2.45, 2.75) is 43.1 Å². The van der Waals surface area contributed by atoms with E-state index >= 15 is 0 Å². The smallest absolute Gasteiger partial charge is 0.310 e. The summed E-state index contributed by atoms with van der Waals surface area (Å²) in [7, 11) is 0. The highest BCUT2D eigenvalue weighted by Crippen LogP contribution is 2.59. The van der Waals surface area contributed by atoms with E-state index in [4.69, 9.17) is 16.3 Å². The molecule has 0 aliphatic carbocycles. The Hall–Kier alpha value is -3.20. The third-order valence-corrected chi connectivity index (χ3v) is 8.22. The molecule has 37 heavy (non-hydrogen) atoms. The average Bonchev–Trinajstić information content (AvgIpc) is 3.54. The molecule has 9 heteroatoms. The summed E-state index contributed by atoms with van der Waals surface area (Å²) < 4.78 is 6.30. The second kappa shape index (κ2) is 9.93. The van der Waals surface area contributed by atoms with E-state index in [1.54, 1.807) is 30.3 Å². The molecule has 2 aromatic carbocycles. The summed E-state index contributed by atoms with van der Waals surface area (Å²) in [5.74, 6) is -4.09. The Labute approximate surface area is 220 Å². The molecule has 2 unspecified atom stereocenters. The minimum absolute atomic E-state index is 0.121. The molecular formula is C28H29ClN2O6. The Morgan fingerprint density at radius 2 is 1.92 bits per heavy atom. The number of aliphatic hydroxyl groups excluding tert-OH is 1. The molecule has 2 aromatic rings. The molecule has 0 saturated carbocycles. The van der Waals surface area contributed by atoms with E-state index in [1.807, 2.05) is 30.3 Å². The van der Waals surface area contributed by atoms with Crippen molar-refractivity contribution < 1.29 is 29.3 Å². The number of hydrogen-bond acceptors (Lipinski definition) is 5. The number of aliphatic hydroxyl groups is 1. The van der Waals surface area contributed by atoms with E-state index in [9.17, 15) is 24.6 Å². The van der Waals surface area contributed by atoms with Gasteiger partial charge in [-0.15, -0.1) is 6.58 Å². The Kier molecular flexibility index (Phi) is 6.83. The first-order valence-corrected chi connectivity index (χ1v) is 12.8. The summed E-state index contributed by atoms with van der Waals surface area (Å²) in [5.41, 5.74) is 0.0311. The highest BCUT2D eigenvalue weighted by molar-refractivity contribution is 6.34. The average molecular weight is 525 g/mol. The van der Waals surface area contributed by atoms with Gasteiger partial charge in [-0.05, 0) is 37.0 Å². The molecule has 3 fully saturated rings. The maximum absolute atomic E-state index is 14.4. The molecule has 3 aliphatic rings. The number of carbonyl (C=O) groups excluding carboxylic acids is 2. The van der Waals surface area contributed by atoms with Crippen molar-refractivity contribution in [3.05, 3.63) is 77.8 Å². The number of carboxylic acid groups (broad SMARTS) is 1. The molecule has 2 amide bonds. The van der Waals surface area contributed by atoms with Crippen LogP contribution < -0.4 is 4.90 Å². The lowest BCUT2D eigenvalue weighted by Gasteiger charge is -2.39. The van der Waals surface area contributed by atoms with Crippen LogP contribution in [0.3, 0.4) is 0 Å². The maximum atomic E-state index is 14.4. The minimum Gasteiger partial charge on any atom is -0.481 e. The number of carboxylic acids is 1. The molecule has 0 radical (unpaired) electrons. The number of ether oxygens (including phenoxy) is 1. The van der Waals surface area contributed by atoms with Crippen LogP contribution in [0.5, 0.6) is 0 Å². The lowest BCUT2D eigenvalue weighted by Crippen LogP contribution is -2.59. The van der Waals surface area contributed by atoms with Crippen LogP contribution in [0.25, 0.3) is 0 Å². The number of aliphatic carboxylic acids is 1. The van der Waals surface area contributed by atoms with Gasteiger partial charge in [0.05, 0.1) is 41.3 Å². The van der Waals surface area contributed by atoms with E-state index in [-0.39, 0.29) is 6.54 Å². The second-order valence-electron chi connectivity index (χ2n) is 9.85. The predicted molar refractivity (Wildman–Crippen MR) is 137 cm³/mol. The standard InChI is InChI=1S/C28H29ClN2O6/c1-2-14-30(20-11-7-6-10-19(20)29)26(34)24-28-13-12-21(37-28)22(27(35)36)23(28)25(33)31(24)18(16-32)15-17-8-4-3-5-9-17/h2-11,18,21-24,32H,1,12-16H2,(H,35,36)/t18-,21-,22+,23+,24?,28?/m1/s1. The van der Waals surface area contributed by atoms with Gasteiger partial charge in [0.15, 0.2) is 0 Å². The number of anilines is 1. The number of amides is 2. The number of hydrogen-bond donors (Lipinski definition) is 2. The van der Waals surface area contributed by atoms with Crippen LogP contribution in [-0.4, -0.2) is 69.8 Å². The number of fused-ring (bicyclic) bond motifs is 1. The third kappa shape index (κ3) is 4.04. The molecule has 0 aromatic heterocycles. The number of para-hydroxylation sites is 1. The molecule has 5 rings (SSSR count). The first-order valence-electron chi connectivity index (χ1n) is 12.4. The summed E-state index contributed by atoms with van der Waals surface area (Å²) >= 11 is 6.46. The molecule has 2 N–H and O–H groups in total. The zero-order chi connectivity index (χ0) is 26.3. The van der Waals surface area contributed by atoms with Crippen molar-refractivity contribution in [1.29, 1.82) is 0 Å². The van der Waals surface area contributed by atoms with Crippen molar-refractivity contribution in [3.63, 3.8) is 0 Å². The first-order chi connectivity index (χ1) is 17.8. The van der Waals surface area contributed by atoms with E-state index < -0.39 is 60.0 Å². The highest BCUT2D eigenvalue weighted by atomic mass is 35.5. The van der Waals surface area contributed by atoms with Gasteiger partial charge in [-0.25, -0.2) is 0 Å². The molecule has 6 atom stereocenters. The molecule has 3 saturated heterocycles. The fourth-order valence-corrected chi connectivity index (χ4v) is 6.67. The number of rotatable bonds is 9. The number of likely N-dealkylation sites (tertiary alicyclic amines) is 1. The molecule has 2 bridgehead atoms. The predicted octanol–water partition coefficient (Wildman–Crippen LogP) is 2.92. The van der Waals surface area contributed by atoms with Gasteiger partial charge in [0.2, 0.25) is 5.91 Å². The number of carbonyl (C=O) groups is 3. The number of benzene rings is 2. The van der Waals surface area contributed by atoms with E-state index in [1.165, 1.54) is 9.80 Å². The SMILES string of the molecule is C=CCN(C(=O)C1N([C@@H](CO)Cc2ccccc2)C(=O)[C@@H]2[C@@H](C(=O)O)[C@H]3CCC12O3)c1ccccc1Cl. The molecule has 194 valence electrons. The van der Waals surface area contributed by atoms with Gasteiger partial charge < -0.3 is 24.7 Å². The second-order valence-corrected chi connectivity index (χ2v) is 10.3. The summed E-state index contributed by atoms with van der Waals surface area (Å²) in [6.45, 7) is 3.51. The quantitative estimate of drug-likeness (QED) is 0.488. The van der Waals surface area contributed by atoms with Crippen LogP contribution in [0.4, 0.5) is 5.69 Å². The van der Waals surface area contributed by atoms with Crippen LogP contribution in [-0.2, 0) is 25.5 Å². The van der Waals surface area contributed by atoms with Gasteiger partial charge in [0.25, 0.3) is 5.91 Å². The van der Waals surface area contributed by atoms with E-state index in [0.717, 1.165) is 5.56 Å². The highest BCUT2D eigenvalue weighted by Gasteiger charge is 2.75. The Bertz CT molecular complexity index is 1220. The van der Waals surface area contributed by atoms with Crippen LogP contribution in [0.15, 0.2) is 67.3 Å². The maximum Gasteiger partial charge on any atom is 0.310 e. The lowest BCUT2D eigenvalue weighted by atomic mass is 9.70. The first kappa shape index (κ1) is 25.4. The normalized spacial score (nSPS) is 28.7. The van der Waals surface area contributed by atoms with Gasteiger partial charge in [-0.3, -0.25) is 14.4 Å². The minimum atomic E-state index is -1.30. The number of halogens is 1.